The summed E-state index contributed by atoms with van der Waals surface area (Å²) in [5.74, 6) is 0.219. The van der Waals surface area contributed by atoms with Gasteiger partial charge in [0.05, 0.1) is 11.4 Å². The van der Waals surface area contributed by atoms with Gasteiger partial charge in [-0.3, -0.25) is 4.72 Å². The summed E-state index contributed by atoms with van der Waals surface area (Å²) in [5, 5.41) is 3.73. The van der Waals surface area contributed by atoms with Crippen LogP contribution in [0.5, 0.6) is 0 Å². The van der Waals surface area contributed by atoms with E-state index in [0.717, 1.165) is 0 Å². The minimum absolute atomic E-state index is 0.0422. The Bertz CT molecular complexity index is 413. The molecule has 7 heteroatoms. The average molecular weight is 253 g/mol. The summed E-state index contributed by atoms with van der Waals surface area (Å²) in [6.07, 6.45) is 0. The van der Waals surface area contributed by atoms with Gasteiger partial charge in [-0.25, -0.2) is 8.42 Å². The molecule has 0 fully saturated rings. The van der Waals surface area contributed by atoms with Crippen molar-refractivity contribution >= 4 is 27.5 Å². The van der Waals surface area contributed by atoms with Crippen molar-refractivity contribution in [1.82, 2.24) is 5.16 Å². The molecule has 0 radical (unpaired) electrons. The number of nitrogens with zero attached hydrogens (tertiary/aromatic N) is 1. The first kappa shape index (κ1) is 12.3. The zero-order valence-corrected chi connectivity index (χ0v) is 10.1. The summed E-state index contributed by atoms with van der Waals surface area (Å²) >= 11 is 5.34. The Kier molecular flexibility index (Phi) is 3.98. The van der Waals surface area contributed by atoms with Gasteiger partial charge in [-0.2, -0.15) is 0 Å². The Morgan fingerprint density at radius 3 is 2.73 bits per heavy atom. The van der Waals surface area contributed by atoms with Gasteiger partial charge in [-0.05, 0) is 5.92 Å². The number of rotatable bonds is 5. The van der Waals surface area contributed by atoms with Gasteiger partial charge in [0.15, 0.2) is 0 Å². The number of sulfonamides is 1. The molecule has 86 valence electrons. The highest BCUT2D eigenvalue weighted by Gasteiger charge is 2.14. The van der Waals surface area contributed by atoms with Gasteiger partial charge in [0.2, 0.25) is 15.9 Å². The first-order chi connectivity index (χ1) is 6.94. The zero-order chi connectivity index (χ0) is 11.5. The Morgan fingerprint density at radius 1 is 1.60 bits per heavy atom. The van der Waals surface area contributed by atoms with Gasteiger partial charge in [-0.15, -0.1) is 11.6 Å². The molecule has 1 aromatic heterocycles. The van der Waals surface area contributed by atoms with Crippen molar-refractivity contribution in [3.05, 3.63) is 11.8 Å². The largest absolute Gasteiger partial charge is 0.338 e. The van der Waals surface area contributed by atoms with Crippen LogP contribution < -0.4 is 4.72 Å². The van der Waals surface area contributed by atoms with Crippen LogP contribution in [0.15, 0.2) is 10.6 Å². The molecule has 0 amide bonds. The fourth-order valence-corrected chi connectivity index (χ4v) is 2.23. The van der Waals surface area contributed by atoms with Crippen LogP contribution in [0, 0.1) is 0 Å². The molecule has 0 aliphatic carbocycles. The number of nitrogens with one attached hydrogen (secondary N) is 1. The van der Waals surface area contributed by atoms with Crippen molar-refractivity contribution in [2.45, 2.75) is 19.8 Å². The van der Waals surface area contributed by atoms with E-state index in [0.29, 0.717) is 5.69 Å². The Morgan fingerprint density at radius 2 is 2.27 bits per heavy atom. The normalized spacial score (nSPS) is 12.0. The minimum Gasteiger partial charge on any atom is -0.338 e. The maximum absolute atomic E-state index is 11.3. The monoisotopic (exact) mass is 252 g/mol. The molecule has 1 N–H and O–H groups in total. The van der Waals surface area contributed by atoms with Crippen LogP contribution in [-0.4, -0.2) is 25.2 Å². The second-order valence-corrected chi connectivity index (χ2v) is 5.60. The van der Waals surface area contributed by atoms with Gasteiger partial charge < -0.3 is 4.52 Å². The van der Waals surface area contributed by atoms with Crippen LogP contribution in [0.25, 0.3) is 0 Å². The van der Waals surface area contributed by atoms with E-state index in [4.69, 9.17) is 16.1 Å². The van der Waals surface area contributed by atoms with Crippen LogP contribution >= 0.6 is 11.6 Å². The van der Waals surface area contributed by atoms with Gasteiger partial charge in [0.25, 0.3) is 0 Å². The molecule has 0 saturated carbocycles. The topological polar surface area (TPSA) is 72.2 Å². The van der Waals surface area contributed by atoms with E-state index in [2.05, 4.69) is 9.88 Å². The van der Waals surface area contributed by atoms with E-state index in [1.807, 2.05) is 13.8 Å². The highest BCUT2D eigenvalue weighted by Crippen LogP contribution is 2.18. The molecule has 0 bridgehead atoms. The van der Waals surface area contributed by atoms with Crippen LogP contribution in [0.2, 0.25) is 0 Å². The molecule has 1 heterocycles. The summed E-state index contributed by atoms with van der Waals surface area (Å²) in [6, 6.07) is 1.57. The van der Waals surface area contributed by atoms with Gasteiger partial charge in [0.1, 0.15) is 0 Å². The molecule has 0 aliphatic heterocycles. The van der Waals surface area contributed by atoms with Crippen molar-refractivity contribution < 1.29 is 12.9 Å². The number of anilines is 1. The minimum atomic E-state index is -3.41. The molecule has 0 spiro atoms. The molecule has 0 saturated heterocycles. The van der Waals surface area contributed by atoms with Gasteiger partial charge in [-0.1, -0.05) is 19.0 Å². The number of alkyl halides is 1. The van der Waals surface area contributed by atoms with Crippen molar-refractivity contribution in [2.75, 3.05) is 16.4 Å². The van der Waals surface area contributed by atoms with Crippen LogP contribution in [-0.2, 0) is 10.0 Å². The molecule has 0 atom stereocenters. The van der Waals surface area contributed by atoms with E-state index in [9.17, 15) is 8.42 Å². The molecule has 0 aromatic carbocycles. The summed E-state index contributed by atoms with van der Waals surface area (Å²) in [5.41, 5.74) is 0.707. The zero-order valence-electron chi connectivity index (χ0n) is 8.53. The standard InChI is InChI=1S/C8H13ClN2O3S/c1-6(2)7-5-8(14-10-7)11-15(12,13)4-3-9/h5-6,11H,3-4H2,1-2H3. The SMILES string of the molecule is CC(C)c1cc(NS(=O)(=O)CCCl)on1. The van der Waals surface area contributed by atoms with Crippen LogP contribution in [0.3, 0.4) is 0 Å². The van der Waals surface area contributed by atoms with Crippen molar-refractivity contribution in [2.24, 2.45) is 0 Å². The Labute approximate surface area is 93.8 Å². The second kappa shape index (κ2) is 4.85. The lowest BCUT2D eigenvalue weighted by molar-refractivity contribution is 0.423. The summed E-state index contributed by atoms with van der Waals surface area (Å²) in [7, 11) is -3.41. The Balaban J connectivity index is 2.73. The first-order valence-corrected chi connectivity index (χ1v) is 6.66. The molecular weight excluding hydrogens is 240 g/mol. The molecule has 15 heavy (non-hydrogen) atoms. The molecule has 1 aromatic rings. The first-order valence-electron chi connectivity index (χ1n) is 4.47. The van der Waals surface area contributed by atoms with Crippen LogP contribution in [0.4, 0.5) is 5.88 Å². The van der Waals surface area contributed by atoms with Crippen molar-refractivity contribution in [3.63, 3.8) is 0 Å². The molecule has 5 nitrogen and oxygen atoms in total. The maximum atomic E-state index is 11.3. The third kappa shape index (κ3) is 3.71. The lowest BCUT2D eigenvalue weighted by atomic mass is 10.1. The fourth-order valence-electron chi connectivity index (χ4n) is 0.915. The van der Waals surface area contributed by atoms with Crippen molar-refractivity contribution in [1.29, 1.82) is 0 Å². The number of aromatic nitrogens is 1. The molecule has 1 rings (SSSR count). The lowest BCUT2D eigenvalue weighted by Crippen LogP contribution is -2.17. The third-order valence-electron chi connectivity index (χ3n) is 1.72. The quantitative estimate of drug-likeness (QED) is 0.811. The van der Waals surface area contributed by atoms with E-state index < -0.39 is 10.0 Å². The molecule has 0 aliphatic rings. The van der Waals surface area contributed by atoms with E-state index in [1.165, 1.54) is 0 Å². The second-order valence-electron chi connectivity index (χ2n) is 3.38. The van der Waals surface area contributed by atoms with Crippen LogP contribution in [0.1, 0.15) is 25.5 Å². The highest BCUT2D eigenvalue weighted by atomic mass is 35.5. The van der Waals surface area contributed by atoms with E-state index in [1.54, 1.807) is 6.07 Å². The predicted molar refractivity (Wildman–Crippen MR) is 58.7 cm³/mol. The number of halogens is 1. The molecular formula is C8H13ClN2O3S. The van der Waals surface area contributed by atoms with E-state index in [-0.39, 0.29) is 23.4 Å². The number of hydrogen-bond acceptors (Lipinski definition) is 4. The number of hydrogen-bond donors (Lipinski definition) is 1. The third-order valence-corrected chi connectivity index (χ3v) is 3.39. The van der Waals surface area contributed by atoms with Gasteiger partial charge in [0, 0.05) is 11.9 Å². The average Bonchev–Trinajstić information content (AvgIpc) is 2.51. The van der Waals surface area contributed by atoms with E-state index >= 15 is 0 Å². The predicted octanol–water partition coefficient (Wildman–Crippen LogP) is 1.78. The lowest BCUT2D eigenvalue weighted by Gasteiger charge is -2.00. The Hall–Kier alpha value is -0.750. The van der Waals surface area contributed by atoms with Crippen molar-refractivity contribution in [3.8, 4) is 0 Å². The summed E-state index contributed by atoms with van der Waals surface area (Å²) < 4.78 is 29.7. The highest BCUT2D eigenvalue weighted by molar-refractivity contribution is 7.92. The maximum Gasteiger partial charge on any atom is 0.238 e. The summed E-state index contributed by atoms with van der Waals surface area (Å²) in [4.78, 5) is 0. The summed E-state index contributed by atoms with van der Waals surface area (Å²) in [6.45, 7) is 3.88. The smallest absolute Gasteiger partial charge is 0.238 e. The van der Waals surface area contributed by atoms with Gasteiger partial charge >= 0.3 is 0 Å². The molecule has 0 unspecified atom stereocenters. The fraction of sp³-hybridized carbons (Fsp3) is 0.625.